The van der Waals surface area contributed by atoms with Gasteiger partial charge < -0.3 is 14.4 Å². The van der Waals surface area contributed by atoms with E-state index in [0.717, 1.165) is 31.4 Å². The molecule has 1 heterocycles. The van der Waals surface area contributed by atoms with Crippen molar-refractivity contribution >= 4 is 11.4 Å². The molecule has 6 nitrogen and oxygen atoms in total. The van der Waals surface area contributed by atoms with E-state index >= 15 is 0 Å². The molecule has 134 valence electrons. The number of alkyl halides is 3. The van der Waals surface area contributed by atoms with Crippen molar-refractivity contribution in [2.75, 3.05) is 31.7 Å². The number of halogens is 3. The third kappa shape index (κ3) is 4.81. The second-order valence-electron chi connectivity index (χ2n) is 5.55. The zero-order valence-corrected chi connectivity index (χ0v) is 13.2. The first-order chi connectivity index (χ1) is 11.3. The summed E-state index contributed by atoms with van der Waals surface area (Å²) in [5.41, 5.74) is -1.51. The highest BCUT2D eigenvalue weighted by molar-refractivity contribution is 5.64. The summed E-state index contributed by atoms with van der Waals surface area (Å²) in [7, 11) is 1.57. The minimum Gasteiger partial charge on any atom is -0.367 e. The Morgan fingerprint density at radius 2 is 2.17 bits per heavy atom. The van der Waals surface area contributed by atoms with E-state index in [1.165, 1.54) is 4.90 Å². The van der Waals surface area contributed by atoms with Crippen LogP contribution in [-0.4, -0.2) is 38.0 Å². The van der Waals surface area contributed by atoms with Gasteiger partial charge in [-0.2, -0.15) is 13.2 Å². The summed E-state index contributed by atoms with van der Waals surface area (Å²) >= 11 is 0. The van der Waals surface area contributed by atoms with Crippen molar-refractivity contribution in [1.29, 1.82) is 0 Å². The SMILES string of the molecule is CN(CCOC1CCCCO1)c1ccc(C(F)(F)F)cc1[N+](=O)[O-]. The highest BCUT2D eigenvalue weighted by Crippen LogP contribution is 2.36. The standard InChI is InChI=1S/C15H19F3N2O4/c1-19(7-9-24-14-4-2-3-8-23-14)12-6-5-11(15(16,17)18)10-13(12)20(21)22/h5-6,10,14H,2-4,7-9H2,1H3. The van der Waals surface area contributed by atoms with Crippen LogP contribution < -0.4 is 4.90 Å². The van der Waals surface area contributed by atoms with Crippen LogP contribution in [0.5, 0.6) is 0 Å². The van der Waals surface area contributed by atoms with Crippen LogP contribution in [0.15, 0.2) is 18.2 Å². The van der Waals surface area contributed by atoms with E-state index in [1.54, 1.807) is 7.05 Å². The van der Waals surface area contributed by atoms with Gasteiger partial charge in [0.1, 0.15) is 5.69 Å². The van der Waals surface area contributed by atoms with E-state index < -0.39 is 22.4 Å². The van der Waals surface area contributed by atoms with Crippen LogP contribution in [0.1, 0.15) is 24.8 Å². The number of nitro benzene ring substituents is 1. The Hall–Kier alpha value is -1.87. The summed E-state index contributed by atoms with van der Waals surface area (Å²) in [5, 5.41) is 11.1. The van der Waals surface area contributed by atoms with Gasteiger partial charge in [0.15, 0.2) is 6.29 Å². The van der Waals surface area contributed by atoms with Crippen molar-refractivity contribution in [2.45, 2.75) is 31.7 Å². The van der Waals surface area contributed by atoms with Crippen molar-refractivity contribution in [3.63, 3.8) is 0 Å². The number of nitro groups is 1. The lowest BCUT2D eigenvalue weighted by Gasteiger charge is -2.25. The summed E-state index contributed by atoms with van der Waals surface area (Å²) < 4.78 is 49.1. The fourth-order valence-corrected chi connectivity index (χ4v) is 2.45. The fourth-order valence-electron chi connectivity index (χ4n) is 2.45. The maximum atomic E-state index is 12.7. The Bertz CT molecular complexity index is 574. The topological polar surface area (TPSA) is 64.8 Å². The Labute approximate surface area is 137 Å². The molecule has 0 bridgehead atoms. The second kappa shape index (κ2) is 7.80. The minimum atomic E-state index is -4.62. The molecule has 0 N–H and O–H groups in total. The molecule has 1 aromatic carbocycles. The van der Waals surface area contributed by atoms with Gasteiger partial charge in [0.05, 0.1) is 17.1 Å². The van der Waals surface area contributed by atoms with Crippen LogP contribution in [-0.2, 0) is 15.7 Å². The minimum absolute atomic E-state index is 0.112. The monoisotopic (exact) mass is 348 g/mol. The molecule has 0 amide bonds. The predicted octanol–water partition coefficient (Wildman–Crippen LogP) is 3.59. The van der Waals surface area contributed by atoms with Gasteiger partial charge in [0.25, 0.3) is 5.69 Å². The smallest absolute Gasteiger partial charge is 0.367 e. The summed E-state index contributed by atoms with van der Waals surface area (Å²) in [4.78, 5) is 11.8. The molecule has 0 radical (unpaired) electrons. The number of likely N-dealkylation sites (N-methyl/N-ethyl adjacent to an activating group) is 1. The van der Waals surface area contributed by atoms with Crippen LogP contribution in [0.4, 0.5) is 24.5 Å². The molecule has 1 fully saturated rings. The first-order valence-corrected chi connectivity index (χ1v) is 7.59. The normalized spacial score (nSPS) is 18.4. The van der Waals surface area contributed by atoms with Gasteiger partial charge in [0.2, 0.25) is 0 Å². The van der Waals surface area contributed by atoms with Gasteiger partial charge in [-0.15, -0.1) is 0 Å². The van der Waals surface area contributed by atoms with Crippen LogP contribution in [0.2, 0.25) is 0 Å². The first kappa shape index (κ1) is 18.5. The fraction of sp³-hybridized carbons (Fsp3) is 0.600. The van der Waals surface area contributed by atoms with Crippen LogP contribution >= 0.6 is 0 Å². The molecule has 1 atom stereocenters. The number of rotatable bonds is 6. The molecule has 0 spiro atoms. The van der Waals surface area contributed by atoms with E-state index in [4.69, 9.17) is 9.47 Å². The highest BCUT2D eigenvalue weighted by atomic mass is 19.4. The summed E-state index contributed by atoms with van der Waals surface area (Å²) in [6.07, 6.45) is -2.09. The quantitative estimate of drug-likeness (QED) is 0.581. The number of hydrogen-bond acceptors (Lipinski definition) is 5. The molecular formula is C15H19F3N2O4. The number of anilines is 1. The molecule has 2 rings (SSSR count). The third-order valence-electron chi connectivity index (χ3n) is 3.78. The maximum Gasteiger partial charge on any atom is 0.416 e. The van der Waals surface area contributed by atoms with Gasteiger partial charge in [-0.25, -0.2) is 0 Å². The summed E-state index contributed by atoms with van der Waals surface area (Å²) in [6, 6.07) is 2.50. The van der Waals surface area contributed by atoms with Gasteiger partial charge in [-0.05, 0) is 31.4 Å². The average molecular weight is 348 g/mol. The zero-order valence-electron chi connectivity index (χ0n) is 13.2. The second-order valence-corrected chi connectivity index (χ2v) is 5.55. The van der Waals surface area contributed by atoms with Crippen molar-refractivity contribution in [2.24, 2.45) is 0 Å². The average Bonchev–Trinajstić information content (AvgIpc) is 2.54. The summed E-state index contributed by atoms with van der Waals surface area (Å²) in [6.45, 7) is 1.20. The number of ether oxygens (including phenoxy) is 2. The Morgan fingerprint density at radius 3 is 2.75 bits per heavy atom. The molecule has 24 heavy (non-hydrogen) atoms. The zero-order chi connectivity index (χ0) is 17.7. The molecule has 1 aliphatic rings. The van der Waals surface area contributed by atoms with E-state index in [9.17, 15) is 23.3 Å². The van der Waals surface area contributed by atoms with Gasteiger partial charge in [-0.3, -0.25) is 10.1 Å². The lowest BCUT2D eigenvalue weighted by atomic mass is 10.1. The molecule has 0 aliphatic carbocycles. The molecule has 0 saturated carbocycles. The summed E-state index contributed by atoms with van der Waals surface area (Å²) in [5.74, 6) is 0. The molecule has 9 heteroatoms. The highest BCUT2D eigenvalue weighted by Gasteiger charge is 2.33. The lowest BCUT2D eigenvalue weighted by molar-refractivity contribution is -0.384. The van der Waals surface area contributed by atoms with E-state index in [2.05, 4.69) is 0 Å². The molecule has 1 aromatic rings. The Morgan fingerprint density at radius 1 is 1.42 bits per heavy atom. The molecule has 1 aliphatic heterocycles. The molecular weight excluding hydrogens is 329 g/mol. The molecule has 0 aromatic heterocycles. The molecule has 1 unspecified atom stereocenters. The number of hydrogen-bond donors (Lipinski definition) is 0. The van der Waals surface area contributed by atoms with E-state index in [-0.39, 0.29) is 18.6 Å². The van der Waals surface area contributed by atoms with Crippen molar-refractivity contribution in [3.05, 3.63) is 33.9 Å². The third-order valence-corrected chi connectivity index (χ3v) is 3.78. The van der Waals surface area contributed by atoms with E-state index in [0.29, 0.717) is 19.2 Å². The lowest BCUT2D eigenvalue weighted by Crippen LogP contribution is -2.28. The Balaban J connectivity index is 2.02. The van der Waals surface area contributed by atoms with Crippen LogP contribution in [0.3, 0.4) is 0 Å². The van der Waals surface area contributed by atoms with Gasteiger partial charge in [0, 0.05) is 26.3 Å². The van der Waals surface area contributed by atoms with Gasteiger partial charge in [-0.1, -0.05) is 0 Å². The molecule has 1 saturated heterocycles. The van der Waals surface area contributed by atoms with Gasteiger partial charge >= 0.3 is 6.18 Å². The first-order valence-electron chi connectivity index (χ1n) is 7.59. The van der Waals surface area contributed by atoms with Crippen LogP contribution in [0.25, 0.3) is 0 Å². The maximum absolute atomic E-state index is 12.7. The number of nitrogens with zero attached hydrogens (tertiary/aromatic N) is 2. The van der Waals surface area contributed by atoms with Crippen molar-refractivity contribution in [1.82, 2.24) is 0 Å². The van der Waals surface area contributed by atoms with Crippen molar-refractivity contribution < 1.29 is 27.6 Å². The van der Waals surface area contributed by atoms with E-state index in [1.807, 2.05) is 0 Å². The van der Waals surface area contributed by atoms with Crippen LogP contribution in [0, 0.1) is 10.1 Å². The largest absolute Gasteiger partial charge is 0.416 e. The predicted molar refractivity (Wildman–Crippen MR) is 80.9 cm³/mol. The number of benzene rings is 1. The Kier molecular flexibility index (Phi) is 6.00. The van der Waals surface area contributed by atoms with Crippen molar-refractivity contribution in [3.8, 4) is 0 Å².